The minimum absolute atomic E-state index is 0.172. The molecule has 0 spiro atoms. The Kier molecular flexibility index (Phi) is 5.19. The van der Waals surface area contributed by atoms with E-state index in [9.17, 15) is 4.79 Å². The van der Waals surface area contributed by atoms with Crippen molar-refractivity contribution in [2.75, 3.05) is 13.2 Å². The summed E-state index contributed by atoms with van der Waals surface area (Å²) >= 11 is 6.02. The summed E-state index contributed by atoms with van der Waals surface area (Å²) in [6.45, 7) is 1.73. The Morgan fingerprint density at radius 3 is 2.95 bits per heavy atom. The van der Waals surface area contributed by atoms with Gasteiger partial charge in [0, 0.05) is 11.6 Å². The zero-order chi connectivity index (χ0) is 13.7. The van der Waals surface area contributed by atoms with Crippen LogP contribution in [0.25, 0.3) is 0 Å². The molecule has 19 heavy (non-hydrogen) atoms. The number of carboxylic acids is 1. The molecule has 1 aromatic rings. The zero-order valence-electron chi connectivity index (χ0n) is 10.6. The minimum atomic E-state index is -0.982. The molecule has 5 heteroatoms. The first-order chi connectivity index (χ1) is 9.16. The maximum Gasteiger partial charge on any atom is 0.335 e. The third-order valence-corrected chi connectivity index (χ3v) is 3.49. The van der Waals surface area contributed by atoms with Crippen molar-refractivity contribution in [3.8, 4) is 0 Å². The number of carboxylic acid groups (broad SMARTS) is 1. The lowest BCUT2D eigenvalue weighted by atomic mass is 10.1. The summed E-state index contributed by atoms with van der Waals surface area (Å²) in [7, 11) is 0. The van der Waals surface area contributed by atoms with Crippen LogP contribution in [0, 0.1) is 0 Å². The van der Waals surface area contributed by atoms with Crippen molar-refractivity contribution in [1.29, 1.82) is 0 Å². The van der Waals surface area contributed by atoms with E-state index in [4.69, 9.17) is 26.2 Å². The number of aromatic carboxylic acids is 1. The van der Waals surface area contributed by atoms with Crippen LogP contribution in [-0.4, -0.2) is 30.4 Å². The monoisotopic (exact) mass is 284 g/mol. The molecular weight excluding hydrogens is 268 g/mol. The van der Waals surface area contributed by atoms with Crippen molar-refractivity contribution in [1.82, 2.24) is 0 Å². The minimum Gasteiger partial charge on any atom is -0.478 e. The van der Waals surface area contributed by atoms with E-state index >= 15 is 0 Å². The molecule has 2 rings (SSSR count). The van der Waals surface area contributed by atoms with E-state index in [2.05, 4.69) is 0 Å². The van der Waals surface area contributed by atoms with Crippen LogP contribution in [0.4, 0.5) is 0 Å². The second kappa shape index (κ2) is 6.89. The van der Waals surface area contributed by atoms with Gasteiger partial charge in [0.2, 0.25) is 0 Å². The average molecular weight is 285 g/mol. The van der Waals surface area contributed by atoms with Crippen molar-refractivity contribution in [3.63, 3.8) is 0 Å². The molecule has 1 unspecified atom stereocenters. The molecule has 0 amide bonds. The summed E-state index contributed by atoms with van der Waals surface area (Å²) in [6.07, 6.45) is 3.51. The lowest BCUT2D eigenvalue weighted by Crippen LogP contribution is -2.24. The SMILES string of the molecule is O=C(O)c1ccc(COCC2CCCCO2)c(Cl)c1. The fourth-order valence-electron chi connectivity index (χ4n) is 2.04. The van der Waals surface area contributed by atoms with Crippen molar-refractivity contribution < 1.29 is 19.4 Å². The third kappa shape index (κ3) is 4.20. The summed E-state index contributed by atoms with van der Waals surface area (Å²) in [5, 5.41) is 9.26. The highest BCUT2D eigenvalue weighted by molar-refractivity contribution is 6.31. The fourth-order valence-corrected chi connectivity index (χ4v) is 2.27. The molecule has 1 fully saturated rings. The van der Waals surface area contributed by atoms with E-state index in [1.807, 2.05) is 0 Å². The first-order valence-corrected chi connectivity index (χ1v) is 6.75. The van der Waals surface area contributed by atoms with E-state index in [-0.39, 0.29) is 11.7 Å². The Bertz CT molecular complexity index is 441. The number of hydrogen-bond acceptors (Lipinski definition) is 3. The van der Waals surface area contributed by atoms with E-state index in [1.54, 1.807) is 6.07 Å². The number of hydrogen-bond donors (Lipinski definition) is 1. The number of rotatable bonds is 5. The normalized spacial score (nSPS) is 19.3. The molecule has 1 N–H and O–H groups in total. The fraction of sp³-hybridized carbons (Fsp3) is 0.500. The average Bonchev–Trinajstić information content (AvgIpc) is 2.41. The molecule has 1 atom stereocenters. The van der Waals surface area contributed by atoms with Gasteiger partial charge in [-0.15, -0.1) is 0 Å². The Morgan fingerprint density at radius 2 is 2.32 bits per heavy atom. The van der Waals surface area contributed by atoms with Gasteiger partial charge in [-0.1, -0.05) is 17.7 Å². The predicted molar refractivity (Wildman–Crippen MR) is 71.7 cm³/mol. The van der Waals surface area contributed by atoms with Crippen LogP contribution in [0.2, 0.25) is 5.02 Å². The van der Waals surface area contributed by atoms with E-state index in [1.165, 1.54) is 18.6 Å². The first-order valence-electron chi connectivity index (χ1n) is 6.38. The molecule has 1 aromatic carbocycles. The largest absolute Gasteiger partial charge is 0.478 e. The maximum atomic E-state index is 10.8. The Balaban J connectivity index is 1.83. The second-order valence-corrected chi connectivity index (χ2v) is 5.02. The number of ether oxygens (including phenoxy) is 2. The molecule has 4 nitrogen and oxygen atoms in total. The van der Waals surface area contributed by atoms with Gasteiger partial charge in [-0.05, 0) is 37.0 Å². The van der Waals surface area contributed by atoms with Crippen LogP contribution in [-0.2, 0) is 16.1 Å². The summed E-state index contributed by atoms with van der Waals surface area (Å²) < 4.78 is 11.1. The van der Waals surface area contributed by atoms with Gasteiger partial charge in [0.1, 0.15) is 0 Å². The van der Waals surface area contributed by atoms with E-state index in [0.717, 1.165) is 25.0 Å². The van der Waals surface area contributed by atoms with Crippen molar-refractivity contribution >= 4 is 17.6 Å². The van der Waals surface area contributed by atoms with Gasteiger partial charge >= 0.3 is 5.97 Å². The molecule has 104 valence electrons. The molecule has 0 aromatic heterocycles. The smallest absolute Gasteiger partial charge is 0.335 e. The highest BCUT2D eigenvalue weighted by Crippen LogP contribution is 2.20. The van der Waals surface area contributed by atoms with Gasteiger partial charge in [0.15, 0.2) is 0 Å². The lowest BCUT2D eigenvalue weighted by Gasteiger charge is -2.22. The van der Waals surface area contributed by atoms with E-state index in [0.29, 0.717) is 18.2 Å². The van der Waals surface area contributed by atoms with Crippen LogP contribution in [0.3, 0.4) is 0 Å². The van der Waals surface area contributed by atoms with Gasteiger partial charge < -0.3 is 14.6 Å². The van der Waals surface area contributed by atoms with Gasteiger partial charge in [0.05, 0.1) is 24.9 Å². The predicted octanol–water partition coefficient (Wildman–Crippen LogP) is 3.12. The molecule has 0 radical (unpaired) electrons. The first kappa shape index (κ1) is 14.3. The van der Waals surface area contributed by atoms with Gasteiger partial charge in [-0.25, -0.2) is 4.79 Å². The Morgan fingerprint density at radius 1 is 1.47 bits per heavy atom. The summed E-state index contributed by atoms with van der Waals surface area (Å²) in [5.74, 6) is -0.982. The Hall–Kier alpha value is -1.10. The molecular formula is C14H17ClO4. The quantitative estimate of drug-likeness (QED) is 0.902. The van der Waals surface area contributed by atoms with Gasteiger partial charge in [-0.3, -0.25) is 0 Å². The molecule has 1 aliphatic heterocycles. The van der Waals surface area contributed by atoms with Crippen LogP contribution < -0.4 is 0 Å². The molecule has 1 heterocycles. The van der Waals surface area contributed by atoms with Gasteiger partial charge in [0.25, 0.3) is 0 Å². The molecule has 0 aliphatic carbocycles. The zero-order valence-corrected chi connectivity index (χ0v) is 11.4. The molecule has 1 saturated heterocycles. The van der Waals surface area contributed by atoms with Crippen LogP contribution >= 0.6 is 11.6 Å². The van der Waals surface area contributed by atoms with Crippen LogP contribution in [0.1, 0.15) is 35.2 Å². The van der Waals surface area contributed by atoms with Crippen LogP contribution in [0.15, 0.2) is 18.2 Å². The molecule has 0 saturated carbocycles. The Labute approximate surface area is 117 Å². The van der Waals surface area contributed by atoms with E-state index < -0.39 is 5.97 Å². The third-order valence-electron chi connectivity index (χ3n) is 3.14. The number of halogens is 1. The van der Waals surface area contributed by atoms with Gasteiger partial charge in [-0.2, -0.15) is 0 Å². The van der Waals surface area contributed by atoms with Crippen LogP contribution in [0.5, 0.6) is 0 Å². The molecule has 1 aliphatic rings. The van der Waals surface area contributed by atoms with Crippen molar-refractivity contribution in [2.45, 2.75) is 32.0 Å². The highest BCUT2D eigenvalue weighted by atomic mass is 35.5. The highest BCUT2D eigenvalue weighted by Gasteiger charge is 2.14. The number of carbonyl (C=O) groups is 1. The number of benzene rings is 1. The topological polar surface area (TPSA) is 55.8 Å². The summed E-state index contributed by atoms with van der Waals surface area (Å²) in [4.78, 5) is 10.8. The molecule has 0 bridgehead atoms. The summed E-state index contributed by atoms with van der Waals surface area (Å²) in [6, 6.07) is 4.66. The summed E-state index contributed by atoms with van der Waals surface area (Å²) in [5.41, 5.74) is 0.979. The van der Waals surface area contributed by atoms with Crippen molar-refractivity contribution in [2.24, 2.45) is 0 Å². The standard InChI is InChI=1S/C14H17ClO4/c15-13-7-10(14(16)17)4-5-11(13)8-18-9-12-3-1-2-6-19-12/h4-5,7,12H,1-3,6,8-9H2,(H,16,17). The van der Waals surface area contributed by atoms with Crippen molar-refractivity contribution in [3.05, 3.63) is 34.3 Å². The maximum absolute atomic E-state index is 10.8. The second-order valence-electron chi connectivity index (χ2n) is 4.62. The lowest BCUT2D eigenvalue weighted by molar-refractivity contribution is -0.0447.